The molecule has 1 aliphatic carbocycles. The largest absolute Gasteiger partial charge is 0.383 e. The molecule has 0 bridgehead atoms. The lowest BCUT2D eigenvalue weighted by molar-refractivity contribution is 0.197. The van der Waals surface area contributed by atoms with E-state index in [0.717, 1.165) is 44.0 Å². The third-order valence-electron chi connectivity index (χ3n) is 3.44. The second-order valence-electron chi connectivity index (χ2n) is 5.12. The molecule has 0 spiro atoms. The maximum Gasteiger partial charge on any atom is 0.126 e. The van der Waals surface area contributed by atoms with Gasteiger partial charge in [-0.1, -0.05) is 0 Å². The number of methoxy groups -OCH3 is 1. The molecule has 100 valence electrons. The Balaban J connectivity index is 1.88. The number of halogens is 2. The number of ether oxygens (including phenoxy) is 1. The van der Waals surface area contributed by atoms with Crippen LogP contribution < -0.4 is 5.32 Å². The third kappa shape index (κ3) is 3.75. The third-order valence-corrected chi connectivity index (χ3v) is 3.44. The van der Waals surface area contributed by atoms with E-state index in [4.69, 9.17) is 4.74 Å². The fraction of sp³-hybridized carbons (Fsp3) is 0.571. The summed E-state index contributed by atoms with van der Waals surface area (Å²) in [5, 5.41) is 3.33. The molecule has 1 aliphatic rings. The van der Waals surface area contributed by atoms with Gasteiger partial charge in [0.05, 0.1) is 6.61 Å². The fourth-order valence-corrected chi connectivity index (χ4v) is 2.27. The van der Waals surface area contributed by atoms with E-state index in [2.05, 4.69) is 5.32 Å². The van der Waals surface area contributed by atoms with E-state index in [-0.39, 0.29) is 5.41 Å². The Morgan fingerprint density at radius 3 is 2.44 bits per heavy atom. The molecular weight excluding hydrogens is 236 g/mol. The molecule has 0 heterocycles. The minimum atomic E-state index is -0.492. The van der Waals surface area contributed by atoms with Crippen molar-refractivity contribution in [1.29, 1.82) is 0 Å². The number of hydrogen-bond donors (Lipinski definition) is 1. The topological polar surface area (TPSA) is 21.3 Å². The second kappa shape index (κ2) is 5.76. The van der Waals surface area contributed by atoms with Crippen LogP contribution in [0.2, 0.25) is 0 Å². The summed E-state index contributed by atoms with van der Waals surface area (Å²) in [7, 11) is 1.67. The van der Waals surface area contributed by atoms with Crippen LogP contribution in [0.3, 0.4) is 0 Å². The van der Waals surface area contributed by atoms with Crippen molar-refractivity contribution in [2.45, 2.75) is 19.3 Å². The summed E-state index contributed by atoms with van der Waals surface area (Å²) in [5.41, 5.74) is 0.937. The highest BCUT2D eigenvalue weighted by molar-refractivity contribution is 5.21. The van der Waals surface area contributed by atoms with Gasteiger partial charge in [0.15, 0.2) is 0 Å². The Morgan fingerprint density at radius 1 is 1.22 bits per heavy atom. The van der Waals surface area contributed by atoms with Crippen LogP contribution in [0.1, 0.15) is 18.4 Å². The fourth-order valence-electron chi connectivity index (χ4n) is 2.27. The Kier molecular flexibility index (Phi) is 4.30. The van der Waals surface area contributed by atoms with Gasteiger partial charge in [-0.05, 0) is 42.4 Å². The highest BCUT2D eigenvalue weighted by Crippen LogP contribution is 2.47. The zero-order valence-corrected chi connectivity index (χ0v) is 10.6. The molecule has 1 aromatic rings. The van der Waals surface area contributed by atoms with Crippen molar-refractivity contribution in [3.63, 3.8) is 0 Å². The Labute approximate surface area is 106 Å². The normalized spacial score (nSPS) is 16.8. The van der Waals surface area contributed by atoms with Crippen molar-refractivity contribution in [3.8, 4) is 0 Å². The van der Waals surface area contributed by atoms with Gasteiger partial charge in [0, 0.05) is 26.3 Å². The first-order valence-corrected chi connectivity index (χ1v) is 6.28. The Morgan fingerprint density at radius 2 is 1.89 bits per heavy atom. The zero-order chi connectivity index (χ0) is 13.0. The maximum absolute atomic E-state index is 13.1. The maximum atomic E-state index is 13.1. The predicted molar refractivity (Wildman–Crippen MR) is 66.5 cm³/mol. The summed E-state index contributed by atoms with van der Waals surface area (Å²) >= 11 is 0. The van der Waals surface area contributed by atoms with E-state index in [0.29, 0.717) is 6.61 Å². The van der Waals surface area contributed by atoms with E-state index < -0.39 is 11.6 Å². The molecular formula is C14H19F2NO. The van der Waals surface area contributed by atoms with Crippen molar-refractivity contribution in [2.75, 3.05) is 26.8 Å². The van der Waals surface area contributed by atoms with Crippen LogP contribution in [0.25, 0.3) is 0 Å². The van der Waals surface area contributed by atoms with Crippen LogP contribution in [0.15, 0.2) is 18.2 Å². The molecule has 0 unspecified atom stereocenters. The predicted octanol–water partition coefficient (Wildman–Crippen LogP) is 2.52. The molecule has 2 nitrogen and oxygen atoms in total. The monoisotopic (exact) mass is 255 g/mol. The molecule has 0 aromatic heterocycles. The average Bonchev–Trinajstić information content (AvgIpc) is 3.03. The van der Waals surface area contributed by atoms with Gasteiger partial charge in [0.25, 0.3) is 0 Å². The number of benzene rings is 1. The second-order valence-corrected chi connectivity index (χ2v) is 5.12. The molecule has 0 amide bonds. The first-order valence-electron chi connectivity index (χ1n) is 6.28. The molecule has 1 aromatic carbocycles. The lowest BCUT2D eigenvalue weighted by Gasteiger charge is -2.16. The van der Waals surface area contributed by atoms with Crippen molar-refractivity contribution in [3.05, 3.63) is 35.4 Å². The summed E-state index contributed by atoms with van der Waals surface area (Å²) in [6, 6.07) is 3.77. The quantitative estimate of drug-likeness (QED) is 0.756. The Bertz CT molecular complexity index is 385. The molecule has 2 rings (SSSR count). The molecule has 0 saturated heterocycles. The molecule has 4 heteroatoms. The summed E-state index contributed by atoms with van der Waals surface area (Å²) < 4.78 is 31.2. The smallest absolute Gasteiger partial charge is 0.126 e. The molecule has 0 aliphatic heterocycles. The molecule has 1 saturated carbocycles. The van der Waals surface area contributed by atoms with Crippen molar-refractivity contribution in [1.82, 2.24) is 5.32 Å². The van der Waals surface area contributed by atoms with Gasteiger partial charge in [-0.25, -0.2) is 8.78 Å². The van der Waals surface area contributed by atoms with E-state index >= 15 is 0 Å². The molecule has 0 atom stereocenters. The van der Waals surface area contributed by atoms with E-state index in [1.807, 2.05) is 0 Å². The van der Waals surface area contributed by atoms with Gasteiger partial charge in [-0.2, -0.15) is 0 Å². The molecule has 1 N–H and O–H groups in total. The highest BCUT2D eigenvalue weighted by atomic mass is 19.1. The average molecular weight is 255 g/mol. The number of hydrogen-bond acceptors (Lipinski definition) is 2. The van der Waals surface area contributed by atoms with Gasteiger partial charge < -0.3 is 10.1 Å². The van der Waals surface area contributed by atoms with Crippen molar-refractivity contribution >= 4 is 0 Å². The summed E-state index contributed by atoms with van der Waals surface area (Å²) in [6.45, 7) is 2.38. The van der Waals surface area contributed by atoms with Gasteiger partial charge in [0.1, 0.15) is 11.6 Å². The molecule has 0 radical (unpaired) electrons. The summed E-state index contributed by atoms with van der Waals surface area (Å²) in [6.07, 6.45) is 2.97. The van der Waals surface area contributed by atoms with Crippen LogP contribution in [-0.2, 0) is 11.2 Å². The van der Waals surface area contributed by atoms with Crippen LogP contribution in [0.5, 0.6) is 0 Å². The van der Waals surface area contributed by atoms with E-state index in [1.54, 1.807) is 7.11 Å². The van der Waals surface area contributed by atoms with Crippen LogP contribution in [-0.4, -0.2) is 26.8 Å². The minimum absolute atomic E-state index is 0.188. The summed E-state index contributed by atoms with van der Waals surface area (Å²) in [5.74, 6) is -0.985. The van der Waals surface area contributed by atoms with Crippen LogP contribution >= 0.6 is 0 Å². The van der Waals surface area contributed by atoms with Crippen molar-refractivity contribution < 1.29 is 13.5 Å². The Hall–Kier alpha value is -1.00. The van der Waals surface area contributed by atoms with Gasteiger partial charge in [-0.3, -0.25) is 0 Å². The highest BCUT2D eigenvalue weighted by Gasteiger charge is 2.41. The minimum Gasteiger partial charge on any atom is -0.383 e. The zero-order valence-electron chi connectivity index (χ0n) is 10.6. The SMILES string of the molecule is COCCNCC1(Cc2cc(F)cc(F)c2)CC1. The summed E-state index contributed by atoms with van der Waals surface area (Å²) in [4.78, 5) is 0. The number of rotatable bonds is 7. The van der Waals surface area contributed by atoms with Gasteiger partial charge in [0.2, 0.25) is 0 Å². The molecule has 1 fully saturated rings. The van der Waals surface area contributed by atoms with Crippen LogP contribution in [0.4, 0.5) is 8.78 Å². The number of nitrogens with one attached hydrogen (secondary N) is 1. The van der Waals surface area contributed by atoms with Crippen LogP contribution in [0, 0.1) is 17.0 Å². The molecule has 18 heavy (non-hydrogen) atoms. The van der Waals surface area contributed by atoms with E-state index in [9.17, 15) is 8.78 Å². The van der Waals surface area contributed by atoms with Gasteiger partial charge in [-0.15, -0.1) is 0 Å². The lowest BCUT2D eigenvalue weighted by atomic mass is 9.96. The van der Waals surface area contributed by atoms with E-state index in [1.165, 1.54) is 12.1 Å². The first-order chi connectivity index (χ1) is 8.63. The standard InChI is InChI=1S/C14H19F2NO/c1-18-5-4-17-10-14(2-3-14)9-11-6-12(15)8-13(16)7-11/h6-8,17H,2-5,9-10H2,1H3. The van der Waals surface area contributed by atoms with Gasteiger partial charge >= 0.3 is 0 Å². The van der Waals surface area contributed by atoms with Crippen molar-refractivity contribution in [2.24, 2.45) is 5.41 Å². The lowest BCUT2D eigenvalue weighted by Crippen LogP contribution is -2.28. The first kappa shape index (κ1) is 13.4.